The number of nitrogens with zero attached hydrogens (tertiary/aromatic N) is 1. The summed E-state index contributed by atoms with van der Waals surface area (Å²) in [5.41, 5.74) is 5.29. The molecule has 0 radical (unpaired) electrons. The lowest BCUT2D eigenvalue weighted by Crippen LogP contribution is -2.54. The molecule has 4 aliphatic carbocycles. The third-order valence-electron chi connectivity index (χ3n) is 13.1. The maximum atomic E-state index is 12.3. The van der Waals surface area contributed by atoms with Gasteiger partial charge in [0, 0.05) is 51.8 Å². The van der Waals surface area contributed by atoms with Gasteiger partial charge in [-0.1, -0.05) is 31.6 Å². The van der Waals surface area contributed by atoms with Crippen molar-refractivity contribution in [1.82, 2.24) is 0 Å². The molecule has 0 bridgehead atoms. The van der Waals surface area contributed by atoms with Gasteiger partial charge in [-0.15, -0.1) is 0 Å². The molecular weight excluding hydrogens is 538 g/mol. The molecule has 1 aromatic carbocycles. The normalized spacial score (nSPS) is 40.3. The topological polar surface area (TPSA) is 60.4 Å². The first-order valence-corrected chi connectivity index (χ1v) is 17.4. The molecule has 2 heterocycles. The van der Waals surface area contributed by atoms with E-state index in [1.54, 1.807) is 5.57 Å². The van der Waals surface area contributed by atoms with E-state index in [0.717, 1.165) is 64.6 Å². The summed E-state index contributed by atoms with van der Waals surface area (Å²) in [7, 11) is 4.23. The Kier molecular flexibility index (Phi) is 8.03. The first-order valence-electron chi connectivity index (χ1n) is 17.4. The highest BCUT2D eigenvalue weighted by Gasteiger charge is 2.63. The molecule has 2 aliphatic heterocycles. The molecular formula is C37H55NO5. The third-order valence-corrected chi connectivity index (χ3v) is 13.1. The second kappa shape index (κ2) is 11.4. The van der Waals surface area contributed by atoms with Crippen LogP contribution in [0.5, 0.6) is 0 Å². The minimum Gasteiger partial charge on any atom is -0.385 e. The zero-order valence-corrected chi connectivity index (χ0v) is 27.2. The number of hydrogen-bond donors (Lipinski definition) is 1. The second-order valence-electron chi connectivity index (χ2n) is 15.5. The Balaban J connectivity index is 1.19. The van der Waals surface area contributed by atoms with Crippen molar-refractivity contribution in [3.8, 4) is 0 Å². The van der Waals surface area contributed by atoms with Crippen LogP contribution in [0.3, 0.4) is 0 Å². The van der Waals surface area contributed by atoms with E-state index in [1.807, 2.05) is 0 Å². The molecule has 7 rings (SSSR count). The number of ether oxygens (including phenoxy) is 4. The minimum absolute atomic E-state index is 0.00232. The number of anilines is 1. The average Bonchev–Trinajstić information content (AvgIpc) is 3.56. The van der Waals surface area contributed by atoms with Gasteiger partial charge in [-0.3, -0.25) is 0 Å². The lowest BCUT2D eigenvalue weighted by molar-refractivity contribution is -0.208. The van der Waals surface area contributed by atoms with E-state index in [4.69, 9.17) is 18.9 Å². The van der Waals surface area contributed by atoms with Gasteiger partial charge in [0.2, 0.25) is 0 Å². The minimum atomic E-state index is -0.815. The van der Waals surface area contributed by atoms with Gasteiger partial charge in [-0.2, -0.15) is 0 Å². The van der Waals surface area contributed by atoms with Gasteiger partial charge >= 0.3 is 0 Å². The molecule has 43 heavy (non-hydrogen) atoms. The Labute approximate surface area is 259 Å². The number of fused-ring (bicyclic) bond motifs is 4. The van der Waals surface area contributed by atoms with Gasteiger partial charge in [0.15, 0.2) is 12.1 Å². The monoisotopic (exact) mass is 593 g/mol. The zero-order chi connectivity index (χ0) is 29.9. The van der Waals surface area contributed by atoms with E-state index in [1.165, 1.54) is 42.5 Å². The van der Waals surface area contributed by atoms with Crippen molar-refractivity contribution < 1.29 is 24.1 Å². The van der Waals surface area contributed by atoms with Crippen molar-refractivity contribution in [3.05, 3.63) is 41.0 Å². The number of rotatable bonds is 7. The molecule has 6 nitrogen and oxygen atoms in total. The largest absolute Gasteiger partial charge is 0.385 e. The van der Waals surface area contributed by atoms with Crippen LogP contribution < -0.4 is 4.90 Å². The van der Waals surface area contributed by atoms with Crippen molar-refractivity contribution in [2.24, 2.45) is 22.7 Å². The van der Waals surface area contributed by atoms with Crippen LogP contribution in [-0.2, 0) is 18.9 Å². The van der Waals surface area contributed by atoms with Crippen LogP contribution in [0.15, 0.2) is 35.4 Å². The van der Waals surface area contributed by atoms with E-state index in [2.05, 4.69) is 57.1 Å². The molecule has 1 aromatic rings. The summed E-state index contributed by atoms with van der Waals surface area (Å²) in [5.74, 6) is 0.960. The fraction of sp³-hybridized carbons (Fsp3) is 0.784. The molecule has 238 valence electrons. The predicted molar refractivity (Wildman–Crippen MR) is 169 cm³/mol. The summed E-state index contributed by atoms with van der Waals surface area (Å²) in [4.78, 5) is 2.18. The maximum Gasteiger partial charge on any atom is 0.171 e. The number of benzene rings is 1. The number of allylic oxidation sites excluding steroid dienone is 1. The Bertz CT molecular complexity index is 1180. The van der Waals surface area contributed by atoms with E-state index in [0.29, 0.717) is 37.4 Å². The number of aliphatic hydroxyl groups is 1. The first-order chi connectivity index (χ1) is 20.7. The number of hydrogen-bond acceptors (Lipinski definition) is 6. The molecule has 7 atom stereocenters. The van der Waals surface area contributed by atoms with Crippen molar-refractivity contribution >= 4 is 5.69 Å². The van der Waals surface area contributed by atoms with Crippen LogP contribution in [0.2, 0.25) is 0 Å². The standard InChI is InChI=1S/C37H55NO5/c1-34(16-7-21-41-32-8-5-6-20-40-32)17-14-30-28-13-18-36(39)25-37(42-22-23-43-37)19-15-31(36)33(28)29(24-35(30,34)2)26-9-11-27(12-10-26)38(3)4/h9-12,28-30,32,39H,5-8,13-25H2,1-4H3/t28-,29?,30-,32?,34-,35+,36+/m0/s1. The van der Waals surface area contributed by atoms with Crippen molar-refractivity contribution in [3.63, 3.8) is 0 Å². The lowest BCUT2D eigenvalue weighted by atomic mass is 9.47. The molecule has 0 aromatic heterocycles. The van der Waals surface area contributed by atoms with Crippen molar-refractivity contribution in [2.45, 2.75) is 121 Å². The fourth-order valence-electron chi connectivity index (χ4n) is 10.6. The van der Waals surface area contributed by atoms with Gasteiger partial charge in [0.1, 0.15) is 0 Å². The average molecular weight is 594 g/mol. The zero-order valence-electron chi connectivity index (χ0n) is 27.2. The molecule has 6 aliphatic rings. The molecule has 2 unspecified atom stereocenters. The van der Waals surface area contributed by atoms with Crippen LogP contribution in [-0.4, -0.2) is 63.3 Å². The highest BCUT2D eigenvalue weighted by molar-refractivity contribution is 5.50. The van der Waals surface area contributed by atoms with Crippen LogP contribution in [0.25, 0.3) is 0 Å². The van der Waals surface area contributed by atoms with E-state index < -0.39 is 11.4 Å². The molecule has 1 N–H and O–H groups in total. The Morgan fingerprint density at radius 1 is 0.953 bits per heavy atom. The molecule has 0 amide bonds. The molecule has 3 saturated carbocycles. The summed E-state index contributed by atoms with van der Waals surface area (Å²) in [5, 5.41) is 12.3. The summed E-state index contributed by atoms with van der Waals surface area (Å²) >= 11 is 0. The van der Waals surface area contributed by atoms with Crippen LogP contribution in [0, 0.1) is 22.7 Å². The molecule has 2 saturated heterocycles. The Morgan fingerprint density at radius 3 is 2.47 bits per heavy atom. The quantitative estimate of drug-likeness (QED) is 0.264. The highest BCUT2D eigenvalue weighted by Crippen LogP contribution is 2.71. The fourth-order valence-corrected chi connectivity index (χ4v) is 10.6. The van der Waals surface area contributed by atoms with Gasteiger partial charge in [0.25, 0.3) is 0 Å². The molecule has 5 fully saturated rings. The Hall–Kier alpha value is -1.44. The van der Waals surface area contributed by atoms with E-state index in [-0.39, 0.29) is 17.1 Å². The lowest BCUT2D eigenvalue weighted by Gasteiger charge is -2.58. The van der Waals surface area contributed by atoms with Gasteiger partial charge < -0.3 is 29.0 Å². The van der Waals surface area contributed by atoms with Crippen LogP contribution in [0.4, 0.5) is 5.69 Å². The highest BCUT2D eigenvalue weighted by atomic mass is 16.7. The van der Waals surface area contributed by atoms with E-state index in [9.17, 15) is 5.11 Å². The maximum absolute atomic E-state index is 12.3. The van der Waals surface area contributed by atoms with Crippen LogP contribution >= 0.6 is 0 Å². The summed E-state index contributed by atoms with van der Waals surface area (Å²) in [6.07, 6.45) is 13.7. The smallest absolute Gasteiger partial charge is 0.171 e. The van der Waals surface area contributed by atoms with Crippen molar-refractivity contribution in [2.75, 3.05) is 45.4 Å². The van der Waals surface area contributed by atoms with E-state index >= 15 is 0 Å². The summed E-state index contributed by atoms with van der Waals surface area (Å²) < 4.78 is 24.3. The summed E-state index contributed by atoms with van der Waals surface area (Å²) in [6.45, 7) is 8.15. The van der Waals surface area contributed by atoms with Gasteiger partial charge in [-0.05, 0) is 117 Å². The summed E-state index contributed by atoms with van der Waals surface area (Å²) in [6, 6.07) is 9.32. The molecule has 6 heteroatoms. The van der Waals surface area contributed by atoms with Crippen LogP contribution in [0.1, 0.15) is 109 Å². The first kappa shape index (κ1) is 30.2. The SMILES string of the molecule is CN(C)c1ccc(C2C[C@]3(C)[C@@H](CC[C@]3(C)CCCOC3CCCCO3)[C@@H]3CC[C@@]4(O)CC5(CCC4=C23)OCCO5)cc1. The van der Waals surface area contributed by atoms with Crippen molar-refractivity contribution in [1.29, 1.82) is 0 Å². The molecule has 1 spiro atoms. The third kappa shape index (κ3) is 5.21. The Morgan fingerprint density at radius 2 is 1.74 bits per heavy atom. The van der Waals surface area contributed by atoms with Gasteiger partial charge in [0.05, 0.1) is 18.8 Å². The predicted octanol–water partition coefficient (Wildman–Crippen LogP) is 7.35. The van der Waals surface area contributed by atoms with Gasteiger partial charge in [-0.25, -0.2) is 0 Å². The second-order valence-corrected chi connectivity index (χ2v) is 15.5.